The fourth-order valence-electron chi connectivity index (χ4n) is 1.86. The van der Waals surface area contributed by atoms with E-state index in [1.807, 2.05) is 6.92 Å². The summed E-state index contributed by atoms with van der Waals surface area (Å²) >= 11 is 0. The predicted octanol–water partition coefficient (Wildman–Crippen LogP) is 1.25. The maximum atomic E-state index is 12.6. The Bertz CT molecular complexity index is 381. The number of halogens is 2. The summed E-state index contributed by atoms with van der Waals surface area (Å²) in [5, 5.41) is 13.2. The first-order valence-electron chi connectivity index (χ1n) is 5.98. The molecule has 1 aromatic heterocycles. The van der Waals surface area contributed by atoms with Crippen LogP contribution in [0.2, 0.25) is 0 Å². The van der Waals surface area contributed by atoms with Crippen LogP contribution >= 0.6 is 0 Å². The SMILES string of the molecule is CCCn1nc(C)c(N)c1N(CCO)CC(F)F. The van der Waals surface area contributed by atoms with Gasteiger partial charge in [0, 0.05) is 13.1 Å². The van der Waals surface area contributed by atoms with Crippen LogP contribution in [0.25, 0.3) is 0 Å². The minimum Gasteiger partial charge on any atom is -0.395 e. The summed E-state index contributed by atoms with van der Waals surface area (Å²) in [5.74, 6) is 0.476. The van der Waals surface area contributed by atoms with Gasteiger partial charge in [-0.1, -0.05) is 6.92 Å². The monoisotopic (exact) mass is 262 g/mol. The topological polar surface area (TPSA) is 67.3 Å². The molecule has 0 unspecified atom stereocenters. The van der Waals surface area contributed by atoms with Gasteiger partial charge in [-0.25, -0.2) is 13.5 Å². The molecule has 0 aliphatic carbocycles. The molecule has 104 valence electrons. The van der Waals surface area contributed by atoms with E-state index in [-0.39, 0.29) is 13.2 Å². The number of aliphatic hydroxyl groups excluding tert-OH is 1. The van der Waals surface area contributed by atoms with Gasteiger partial charge in [-0.3, -0.25) is 0 Å². The summed E-state index contributed by atoms with van der Waals surface area (Å²) in [6, 6.07) is 0. The van der Waals surface area contributed by atoms with Crippen molar-refractivity contribution in [2.24, 2.45) is 0 Å². The van der Waals surface area contributed by atoms with Crippen molar-refractivity contribution < 1.29 is 13.9 Å². The van der Waals surface area contributed by atoms with Gasteiger partial charge in [0.15, 0.2) is 5.82 Å². The lowest BCUT2D eigenvalue weighted by atomic mass is 10.3. The molecule has 5 nitrogen and oxygen atoms in total. The van der Waals surface area contributed by atoms with Gasteiger partial charge in [0.05, 0.1) is 24.5 Å². The van der Waals surface area contributed by atoms with E-state index in [1.165, 1.54) is 4.90 Å². The molecule has 0 atom stereocenters. The van der Waals surface area contributed by atoms with Crippen LogP contribution in [0, 0.1) is 6.92 Å². The van der Waals surface area contributed by atoms with Crippen molar-refractivity contribution >= 4 is 11.5 Å². The standard InChI is InChI=1S/C11H20F2N4O/c1-3-4-17-11(10(14)8(2)15-17)16(5-6-18)7-9(12)13/h9,18H,3-7,14H2,1-2H3. The molecule has 1 heterocycles. The highest BCUT2D eigenvalue weighted by Crippen LogP contribution is 2.27. The zero-order chi connectivity index (χ0) is 13.7. The van der Waals surface area contributed by atoms with Gasteiger partial charge in [-0.15, -0.1) is 0 Å². The number of nitrogens with zero attached hydrogens (tertiary/aromatic N) is 3. The fraction of sp³-hybridized carbons (Fsp3) is 0.727. The summed E-state index contributed by atoms with van der Waals surface area (Å²) in [4.78, 5) is 1.38. The molecule has 0 saturated carbocycles. The van der Waals surface area contributed by atoms with Gasteiger partial charge in [0.1, 0.15) is 0 Å². The van der Waals surface area contributed by atoms with Crippen molar-refractivity contribution in [1.29, 1.82) is 0 Å². The van der Waals surface area contributed by atoms with Gasteiger partial charge in [-0.2, -0.15) is 5.10 Å². The number of anilines is 2. The molecule has 0 aromatic carbocycles. The smallest absolute Gasteiger partial charge is 0.255 e. The highest BCUT2D eigenvalue weighted by Gasteiger charge is 2.21. The van der Waals surface area contributed by atoms with Crippen LogP contribution in [0.4, 0.5) is 20.3 Å². The van der Waals surface area contributed by atoms with E-state index in [9.17, 15) is 8.78 Å². The van der Waals surface area contributed by atoms with Crippen LogP contribution in [-0.2, 0) is 6.54 Å². The average Bonchev–Trinajstić information content (AvgIpc) is 2.54. The first-order valence-corrected chi connectivity index (χ1v) is 5.98. The van der Waals surface area contributed by atoms with Crippen LogP contribution in [0.15, 0.2) is 0 Å². The minimum atomic E-state index is -2.48. The zero-order valence-corrected chi connectivity index (χ0v) is 10.7. The predicted molar refractivity (Wildman–Crippen MR) is 67.0 cm³/mol. The Hall–Kier alpha value is -1.37. The van der Waals surface area contributed by atoms with E-state index < -0.39 is 13.0 Å². The minimum absolute atomic E-state index is 0.114. The van der Waals surface area contributed by atoms with E-state index in [0.717, 1.165) is 6.42 Å². The van der Waals surface area contributed by atoms with Gasteiger partial charge in [0.25, 0.3) is 6.43 Å². The quantitative estimate of drug-likeness (QED) is 0.776. The van der Waals surface area contributed by atoms with Crippen molar-refractivity contribution in [2.45, 2.75) is 33.2 Å². The molecule has 7 heteroatoms. The van der Waals surface area contributed by atoms with E-state index >= 15 is 0 Å². The Labute approximate surface area is 105 Å². The molecule has 3 N–H and O–H groups in total. The molecule has 18 heavy (non-hydrogen) atoms. The fourth-order valence-corrected chi connectivity index (χ4v) is 1.86. The summed E-state index contributed by atoms with van der Waals surface area (Å²) in [7, 11) is 0. The van der Waals surface area contributed by atoms with Crippen molar-refractivity contribution in [2.75, 3.05) is 30.3 Å². The summed E-state index contributed by atoms with van der Waals surface area (Å²) in [6.07, 6.45) is -1.66. The maximum Gasteiger partial charge on any atom is 0.255 e. The normalized spacial score (nSPS) is 11.2. The number of aliphatic hydroxyl groups is 1. The lowest BCUT2D eigenvalue weighted by molar-refractivity contribution is 0.152. The third kappa shape index (κ3) is 3.32. The Morgan fingerprint density at radius 2 is 2.17 bits per heavy atom. The number of alkyl halides is 2. The maximum absolute atomic E-state index is 12.6. The zero-order valence-electron chi connectivity index (χ0n) is 10.7. The third-order valence-electron chi connectivity index (χ3n) is 2.61. The number of nitrogen functional groups attached to an aromatic ring is 1. The van der Waals surface area contributed by atoms with Gasteiger partial charge >= 0.3 is 0 Å². The van der Waals surface area contributed by atoms with Crippen molar-refractivity contribution in [1.82, 2.24) is 9.78 Å². The number of hydrogen-bond acceptors (Lipinski definition) is 4. The average molecular weight is 262 g/mol. The van der Waals surface area contributed by atoms with Crippen molar-refractivity contribution in [3.63, 3.8) is 0 Å². The summed E-state index contributed by atoms with van der Waals surface area (Å²) < 4.78 is 26.7. The molecule has 0 radical (unpaired) electrons. The van der Waals surface area contributed by atoms with Crippen LogP contribution in [0.1, 0.15) is 19.0 Å². The van der Waals surface area contributed by atoms with Crippen LogP contribution in [0.3, 0.4) is 0 Å². The second kappa shape index (κ2) is 6.53. The highest BCUT2D eigenvalue weighted by atomic mass is 19.3. The van der Waals surface area contributed by atoms with E-state index in [1.54, 1.807) is 11.6 Å². The molecule has 0 spiro atoms. The van der Waals surface area contributed by atoms with Gasteiger partial charge in [-0.05, 0) is 13.3 Å². The number of rotatable bonds is 7. The Balaban J connectivity index is 3.08. The third-order valence-corrected chi connectivity index (χ3v) is 2.61. The van der Waals surface area contributed by atoms with E-state index in [0.29, 0.717) is 23.7 Å². The van der Waals surface area contributed by atoms with Crippen LogP contribution in [-0.4, -0.2) is 41.0 Å². The molecular formula is C11H20F2N4O. The molecule has 0 fully saturated rings. The van der Waals surface area contributed by atoms with Crippen molar-refractivity contribution in [3.05, 3.63) is 5.69 Å². The van der Waals surface area contributed by atoms with Crippen LogP contribution < -0.4 is 10.6 Å². The lowest BCUT2D eigenvalue weighted by Gasteiger charge is -2.24. The molecule has 0 amide bonds. The van der Waals surface area contributed by atoms with Crippen molar-refractivity contribution in [3.8, 4) is 0 Å². The summed E-state index contributed by atoms with van der Waals surface area (Å²) in [5.41, 5.74) is 6.91. The molecule has 0 saturated heterocycles. The molecule has 0 aliphatic heterocycles. The Morgan fingerprint density at radius 1 is 1.50 bits per heavy atom. The largest absolute Gasteiger partial charge is 0.395 e. The molecular weight excluding hydrogens is 242 g/mol. The van der Waals surface area contributed by atoms with Gasteiger partial charge < -0.3 is 15.7 Å². The van der Waals surface area contributed by atoms with Crippen LogP contribution in [0.5, 0.6) is 0 Å². The lowest BCUT2D eigenvalue weighted by Crippen LogP contribution is -2.34. The first-order chi connectivity index (χ1) is 8.51. The number of aromatic nitrogens is 2. The number of aryl methyl sites for hydroxylation is 2. The summed E-state index contributed by atoms with van der Waals surface area (Å²) in [6.45, 7) is 3.77. The molecule has 0 bridgehead atoms. The van der Waals surface area contributed by atoms with E-state index in [4.69, 9.17) is 10.8 Å². The number of nitrogens with two attached hydrogens (primary N) is 1. The second-order valence-corrected chi connectivity index (χ2v) is 4.11. The Morgan fingerprint density at radius 3 is 2.67 bits per heavy atom. The first kappa shape index (κ1) is 14.7. The molecule has 1 aromatic rings. The molecule has 1 rings (SSSR count). The molecule has 0 aliphatic rings. The van der Waals surface area contributed by atoms with E-state index in [2.05, 4.69) is 5.10 Å². The highest BCUT2D eigenvalue weighted by molar-refractivity contribution is 5.66. The second-order valence-electron chi connectivity index (χ2n) is 4.11. The van der Waals surface area contributed by atoms with Gasteiger partial charge in [0.2, 0.25) is 0 Å². The Kier molecular flexibility index (Phi) is 5.33. The number of hydrogen-bond donors (Lipinski definition) is 2.